The normalized spacial score (nSPS) is 11.6. The van der Waals surface area contributed by atoms with Crippen LogP contribution in [0.3, 0.4) is 0 Å². The molecule has 2 aromatic carbocycles. The number of ether oxygens (including phenoxy) is 2. The molecule has 0 spiro atoms. The number of para-hydroxylation sites is 1. The maximum absolute atomic E-state index is 12.7. The number of urea groups is 1. The van der Waals surface area contributed by atoms with Crippen molar-refractivity contribution in [1.29, 1.82) is 0 Å². The lowest BCUT2D eigenvalue weighted by Gasteiger charge is -2.23. The molecule has 0 aliphatic rings. The molecular weight excluding hydrogens is 487 g/mol. The lowest BCUT2D eigenvalue weighted by Crippen LogP contribution is -2.20. The lowest BCUT2D eigenvalue weighted by molar-refractivity contribution is -0.274. The molecule has 0 bridgehead atoms. The first-order valence-corrected chi connectivity index (χ1v) is 11.2. The number of nitrogens with one attached hydrogen (secondary N) is 2. The second-order valence-electron chi connectivity index (χ2n) is 8.99. The van der Waals surface area contributed by atoms with E-state index in [0.717, 1.165) is 17.7 Å². The van der Waals surface area contributed by atoms with E-state index in [0.29, 0.717) is 11.6 Å². The Hall–Kier alpha value is -4.54. The molecule has 2 N–H and O–H groups in total. The molecule has 2 amide bonds. The maximum atomic E-state index is 12.7. The smallest absolute Gasteiger partial charge is 0.437 e. The van der Waals surface area contributed by atoms with Gasteiger partial charge in [-0.15, -0.1) is 13.2 Å². The van der Waals surface area contributed by atoms with E-state index in [1.807, 2.05) is 24.3 Å². The van der Waals surface area contributed by atoms with Crippen LogP contribution in [0.2, 0.25) is 0 Å². The third kappa shape index (κ3) is 6.78. The van der Waals surface area contributed by atoms with Gasteiger partial charge in [0.05, 0.1) is 0 Å². The van der Waals surface area contributed by atoms with Crippen molar-refractivity contribution in [3.05, 3.63) is 84.9 Å². The van der Waals surface area contributed by atoms with Crippen molar-refractivity contribution in [1.82, 2.24) is 14.5 Å². The zero-order valence-electron chi connectivity index (χ0n) is 20.2. The zero-order chi connectivity index (χ0) is 26.6. The number of carbonyl (C=O) groups is 1. The van der Waals surface area contributed by atoms with E-state index in [-0.39, 0.29) is 22.7 Å². The quantitative estimate of drug-likeness (QED) is 0.294. The molecule has 37 heavy (non-hydrogen) atoms. The van der Waals surface area contributed by atoms with Crippen molar-refractivity contribution < 1.29 is 27.4 Å². The fourth-order valence-corrected chi connectivity index (χ4v) is 3.45. The lowest BCUT2D eigenvalue weighted by atomic mass is 9.86. The summed E-state index contributed by atoms with van der Waals surface area (Å²) in [7, 11) is 0. The highest BCUT2D eigenvalue weighted by atomic mass is 19.4. The summed E-state index contributed by atoms with van der Waals surface area (Å²) >= 11 is 0. The molecule has 0 unspecified atom stereocenters. The number of anilines is 2. The van der Waals surface area contributed by atoms with Crippen molar-refractivity contribution in [2.45, 2.75) is 32.5 Å². The maximum Gasteiger partial charge on any atom is 0.573 e. The molecule has 0 aliphatic carbocycles. The van der Waals surface area contributed by atoms with Crippen LogP contribution in [-0.2, 0) is 5.41 Å². The molecule has 4 rings (SSSR count). The third-order valence-electron chi connectivity index (χ3n) is 5.11. The first-order chi connectivity index (χ1) is 17.5. The molecule has 2 heterocycles. The van der Waals surface area contributed by atoms with E-state index in [9.17, 15) is 18.0 Å². The number of carbonyl (C=O) groups excluding carboxylic acids is 1. The Morgan fingerprint density at radius 3 is 2.32 bits per heavy atom. The van der Waals surface area contributed by atoms with E-state index >= 15 is 0 Å². The molecule has 0 fully saturated rings. The second kappa shape index (κ2) is 10.2. The Morgan fingerprint density at radius 2 is 1.68 bits per heavy atom. The number of nitrogens with zero attached hydrogens (tertiary/aromatic N) is 3. The highest BCUT2D eigenvalue weighted by Crippen LogP contribution is 2.36. The van der Waals surface area contributed by atoms with E-state index < -0.39 is 18.1 Å². The molecule has 8 nitrogen and oxygen atoms in total. The summed E-state index contributed by atoms with van der Waals surface area (Å²) < 4.78 is 48.9. The third-order valence-corrected chi connectivity index (χ3v) is 5.11. The Bertz CT molecular complexity index is 1370. The number of rotatable bonds is 6. The number of benzene rings is 2. The van der Waals surface area contributed by atoms with Crippen LogP contribution < -0.4 is 20.1 Å². The summed E-state index contributed by atoms with van der Waals surface area (Å²) in [4.78, 5) is 21.3. The Labute approximate surface area is 211 Å². The number of aromatic nitrogens is 3. The van der Waals surface area contributed by atoms with Gasteiger partial charge < -0.3 is 20.1 Å². The predicted octanol–water partition coefficient (Wildman–Crippen LogP) is 6.90. The standard InChI is InChI=1S/C26H24F3N5O3/c1-25(2,3)19-6-4-5-7-21(19)36-23-20(12-13-22(33-23)34-15-14-30-16-34)32-24(35)31-17-8-10-18(11-9-17)37-26(27,28)29/h4-16H,1-3H3,(H2,31,32,35). The van der Waals surface area contributed by atoms with Gasteiger partial charge in [0.25, 0.3) is 0 Å². The highest BCUT2D eigenvalue weighted by Gasteiger charge is 2.31. The Kier molecular flexibility index (Phi) is 7.05. The first kappa shape index (κ1) is 25.5. The van der Waals surface area contributed by atoms with Gasteiger partial charge in [0.2, 0.25) is 5.88 Å². The van der Waals surface area contributed by atoms with Crippen LogP contribution in [0.5, 0.6) is 17.4 Å². The van der Waals surface area contributed by atoms with E-state index in [2.05, 4.69) is 46.1 Å². The van der Waals surface area contributed by atoms with Crippen molar-refractivity contribution in [2.24, 2.45) is 0 Å². The summed E-state index contributed by atoms with van der Waals surface area (Å²) in [6, 6.07) is 15.0. The number of imidazole rings is 1. The van der Waals surface area contributed by atoms with Gasteiger partial charge in [-0.25, -0.2) is 9.78 Å². The van der Waals surface area contributed by atoms with Gasteiger partial charge in [0.1, 0.15) is 29.3 Å². The van der Waals surface area contributed by atoms with Gasteiger partial charge in [0, 0.05) is 23.6 Å². The number of pyridine rings is 1. The molecule has 0 atom stereocenters. The average Bonchev–Trinajstić information content (AvgIpc) is 3.35. The number of halogens is 3. The van der Waals surface area contributed by atoms with Crippen molar-refractivity contribution in [3.63, 3.8) is 0 Å². The van der Waals surface area contributed by atoms with Crippen LogP contribution >= 0.6 is 0 Å². The molecule has 11 heteroatoms. The van der Waals surface area contributed by atoms with Crippen molar-refractivity contribution in [2.75, 3.05) is 10.6 Å². The predicted molar refractivity (Wildman–Crippen MR) is 132 cm³/mol. The summed E-state index contributed by atoms with van der Waals surface area (Å²) in [6.45, 7) is 6.17. The van der Waals surface area contributed by atoms with Crippen LogP contribution in [0.4, 0.5) is 29.3 Å². The minimum absolute atomic E-state index is 0.145. The molecule has 192 valence electrons. The molecule has 2 aromatic heterocycles. The van der Waals surface area contributed by atoms with E-state index in [1.165, 1.54) is 12.1 Å². The number of hydrogen-bond acceptors (Lipinski definition) is 5. The SMILES string of the molecule is CC(C)(C)c1ccccc1Oc1nc(-n2ccnc2)ccc1NC(=O)Nc1ccc(OC(F)(F)F)cc1. The molecular formula is C26H24F3N5O3. The monoisotopic (exact) mass is 511 g/mol. The molecule has 0 saturated carbocycles. The van der Waals surface area contributed by atoms with Gasteiger partial charge >= 0.3 is 12.4 Å². The zero-order valence-corrected chi connectivity index (χ0v) is 20.2. The average molecular weight is 512 g/mol. The first-order valence-electron chi connectivity index (χ1n) is 11.2. The number of amides is 2. The molecule has 0 saturated heterocycles. The fourth-order valence-electron chi connectivity index (χ4n) is 3.45. The summed E-state index contributed by atoms with van der Waals surface area (Å²) in [5.41, 5.74) is 1.27. The topological polar surface area (TPSA) is 90.3 Å². The van der Waals surface area contributed by atoms with Gasteiger partial charge in [-0.05, 0) is 47.9 Å². The van der Waals surface area contributed by atoms with Gasteiger partial charge in [-0.3, -0.25) is 4.57 Å². The largest absolute Gasteiger partial charge is 0.573 e. The number of hydrogen-bond donors (Lipinski definition) is 2. The van der Waals surface area contributed by atoms with E-state index in [1.54, 1.807) is 35.4 Å². The highest BCUT2D eigenvalue weighted by molar-refractivity contribution is 6.00. The Balaban J connectivity index is 1.58. The molecule has 0 aliphatic heterocycles. The summed E-state index contributed by atoms with van der Waals surface area (Å²) in [5.74, 6) is 0.846. The molecule has 0 radical (unpaired) electrons. The minimum Gasteiger partial charge on any atom is -0.437 e. The Morgan fingerprint density at radius 1 is 0.946 bits per heavy atom. The van der Waals surface area contributed by atoms with Gasteiger partial charge in [-0.1, -0.05) is 39.0 Å². The number of alkyl halides is 3. The van der Waals surface area contributed by atoms with Crippen LogP contribution in [0.1, 0.15) is 26.3 Å². The molecule has 4 aromatic rings. The van der Waals surface area contributed by atoms with Crippen molar-refractivity contribution in [3.8, 4) is 23.2 Å². The summed E-state index contributed by atoms with van der Waals surface area (Å²) in [5, 5.41) is 5.25. The van der Waals surface area contributed by atoms with Crippen LogP contribution in [0.15, 0.2) is 79.4 Å². The second-order valence-corrected chi connectivity index (χ2v) is 8.99. The van der Waals surface area contributed by atoms with Crippen molar-refractivity contribution >= 4 is 17.4 Å². The van der Waals surface area contributed by atoms with Gasteiger partial charge in [-0.2, -0.15) is 4.98 Å². The van der Waals surface area contributed by atoms with Crippen LogP contribution in [0, 0.1) is 0 Å². The fraction of sp³-hybridized carbons (Fsp3) is 0.192. The van der Waals surface area contributed by atoms with Gasteiger partial charge in [0.15, 0.2) is 0 Å². The van der Waals surface area contributed by atoms with Crippen LogP contribution in [-0.4, -0.2) is 26.9 Å². The van der Waals surface area contributed by atoms with Crippen LogP contribution in [0.25, 0.3) is 5.82 Å². The summed E-state index contributed by atoms with van der Waals surface area (Å²) in [6.07, 6.45) is 0.119. The van der Waals surface area contributed by atoms with E-state index in [4.69, 9.17) is 4.74 Å². The minimum atomic E-state index is -4.80.